The molecular weight excluding hydrogens is 246 g/mol. The van der Waals surface area contributed by atoms with Crippen LogP contribution in [0.25, 0.3) is 0 Å². The molecule has 0 amide bonds. The summed E-state index contributed by atoms with van der Waals surface area (Å²) in [6.07, 6.45) is 5.94. The summed E-state index contributed by atoms with van der Waals surface area (Å²) in [6, 6.07) is 1.15. The molecule has 0 aromatic rings. The zero-order valence-electron chi connectivity index (χ0n) is 15.0. The molecule has 3 atom stereocenters. The first-order valence-corrected chi connectivity index (χ1v) is 8.26. The van der Waals surface area contributed by atoms with Crippen molar-refractivity contribution in [2.75, 3.05) is 28.2 Å². The molecule has 1 fully saturated rings. The van der Waals surface area contributed by atoms with E-state index in [0.29, 0.717) is 23.7 Å². The van der Waals surface area contributed by atoms with E-state index in [4.69, 9.17) is 0 Å². The van der Waals surface area contributed by atoms with Crippen molar-refractivity contribution in [1.82, 2.24) is 15.1 Å². The van der Waals surface area contributed by atoms with Crippen LogP contribution < -0.4 is 5.32 Å². The monoisotopic (exact) mass is 283 g/mol. The molecule has 0 aromatic heterocycles. The summed E-state index contributed by atoms with van der Waals surface area (Å²) in [7, 11) is 8.77. The van der Waals surface area contributed by atoms with Crippen LogP contribution in [-0.2, 0) is 0 Å². The summed E-state index contributed by atoms with van der Waals surface area (Å²) in [5.74, 6) is 0.762. The number of nitrogens with one attached hydrogen (secondary N) is 1. The second kappa shape index (κ2) is 7.24. The van der Waals surface area contributed by atoms with E-state index in [0.717, 1.165) is 5.92 Å². The van der Waals surface area contributed by atoms with Gasteiger partial charge in [-0.15, -0.1) is 0 Å². The van der Waals surface area contributed by atoms with Crippen molar-refractivity contribution in [2.24, 2.45) is 11.3 Å². The standard InChI is InChI=1S/C17H37N3/c1-13(2)11-15(12-17(4)9-10-17)20(8)16(19(6)7)14(3)18-5/h13-16,18H,9-12H2,1-8H3. The predicted molar refractivity (Wildman–Crippen MR) is 89.0 cm³/mol. The third-order valence-electron chi connectivity index (χ3n) is 5.00. The van der Waals surface area contributed by atoms with Crippen molar-refractivity contribution in [1.29, 1.82) is 0 Å². The predicted octanol–water partition coefficient (Wildman–Crippen LogP) is 3.02. The van der Waals surface area contributed by atoms with Crippen LogP contribution in [0.5, 0.6) is 0 Å². The molecule has 0 spiro atoms. The summed E-state index contributed by atoms with van der Waals surface area (Å²) in [4.78, 5) is 4.97. The van der Waals surface area contributed by atoms with E-state index >= 15 is 0 Å². The minimum absolute atomic E-state index is 0.450. The van der Waals surface area contributed by atoms with E-state index in [1.54, 1.807) is 0 Å². The van der Waals surface area contributed by atoms with Gasteiger partial charge >= 0.3 is 0 Å². The van der Waals surface area contributed by atoms with Crippen molar-refractivity contribution in [3.8, 4) is 0 Å². The lowest BCUT2D eigenvalue weighted by atomic mass is 9.91. The van der Waals surface area contributed by atoms with E-state index in [-0.39, 0.29) is 0 Å². The van der Waals surface area contributed by atoms with Crippen molar-refractivity contribution in [3.63, 3.8) is 0 Å². The molecule has 3 nitrogen and oxygen atoms in total. The van der Waals surface area contributed by atoms with Crippen LogP contribution >= 0.6 is 0 Å². The molecule has 0 bridgehead atoms. The zero-order valence-corrected chi connectivity index (χ0v) is 15.0. The molecule has 0 aliphatic heterocycles. The summed E-state index contributed by atoms with van der Waals surface area (Å²) in [5.41, 5.74) is 0.619. The smallest absolute Gasteiger partial charge is 0.0772 e. The average Bonchev–Trinajstić information content (AvgIpc) is 3.04. The molecule has 0 radical (unpaired) electrons. The number of likely N-dealkylation sites (N-methyl/N-ethyl adjacent to an activating group) is 3. The van der Waals surface area contributed by atoms with Gasteiger partial charge in [-0.2, -0.15) is 0 Å². The van der Waals surface area contributed by atoms with Gasteiger partial charge in [0.2, 0.25) is 0 Å². The van der Waals surface area contributed by atoms with Gasteiger partial charge in [0.25, 0.3) is 0 Å². The Labute approximate surface area is 127 Å². The molecule has 1 rings (SSSR count). The lowest BCUT2D eigenvalue weighted by molar-refractivity contribution is 0.0250. The molecule has 3 heteroatoms. The maximum Gasteiger partial charge on any atom is 0.0772 e. The molecule has 1 aliphatic rings. The second-order valence-electron chi connectivity index (χ2n) is 7.92. The first-order chi connectivity index (χ1) is 9.20. The highest BCUT2D eigenvalue weighted by atomic mass is 15.4. The van der Waals surface area contributed by atoms with Gasteiger partial charge in [0.1, 0.15) is 0 Å². The third-order valence-corrected chi connectivity index (χ3v) is 5.00. The maximum absolute atomic E-state index is 3.43. The van der Waals surface area contributed by atoms with Gasteiger partial charge in [-0.05, 0) is 72.1 Å². The largest absolute Gasteiger partial charge is 0.314 e. The van der Waals surface area contributed by atoms with Crippen LogP contribution in [0.4, 0.5) is 0 Å². The molecule has 3 unspecified atom stereocenters. The van der Waals surface area contributed by atoms with Crippen molar-refractivity contribution in [2.45, 2.75) is 71.6 Å². The Morgan fingerprint density at radius 3 is 2.00 bits per heavy atom. The Morgan fingerprint density at radius 1 is 1.10 bits per heavy atom. The first-order valence-electron chi connectivity index (χ1n) is 8.26. The highest BCUT2D eigenvalue weighted by molar-refractivity contribution is 4.94. The lowest BCUT2D eigenvalue weighted by Gasteiger charge is -2.43. The maximum atomic E-state index is 3.43. The van der Waals surface area contributed by atoms with Crippen LogP contribution in [0, 0.1) is 11.3 Å². The highest BCUT2D eigenvalue weighted by Crippen LogP contribution is 2.50. The number of rotatable bonds is 9. The fraction of sp³-hybridized carbons (Fsp3) is 1.00. The fourth-order valence-electron chi connectivity index (χ4n) is 3.45. The van der Waals surface area contributed by atoms with E-state index in [9.17, 15) is 0 Å². The summed E-state index contributed by atoms with van der Waals surface area (Å²) in [5, 5.41) is 3.43. The molecule has 0 saturated heterocycles. The number of hydrogen-bond acceptors (Lipinski definition) is 3. The van der Waals surface area contributed by atoms with Crippen molar-refractivity contribution in [3.05, 3.63) is 0 Å². The molecule has 1 saturated carbocycles. The average molecular weight is 284 g/mol. The van der Waals surface area contributed by atoms with Crippen LogP contribution in [-0.4, -0.2) is 56.2 Å². The minimum atomic E-state index is 0.450. The van der Waals surface area contributed by atoms with Gasteiger partial charge < -0.3 is 5.32 Å². The van der Waals surface area contributed by atoms with Gasteiger partial charge in [-0.3, -0.25) is 9.80 Å². The summed E-state index contributed by atoms with van der Waals surface area (Å²) >= 11 is 0. The normalized spacial score (nSPS) is 22.4. The van der Waals surface area contributed by atoms with Crippen LogP contribution in [0.15, 0.2) is 0 Å². The van der Waals surface area contributed by atoms with Crippen LogP contribution in [0.1, 0.15) is 53.4 Å². The molecule has 120 valence electrons. The molecule has 20 heavy (non-hydrogen) atoms. The molecule has 0 heterocycles. The van der Waals surface area contributed by atoms with E-state index < -0.39 is 0 Å². The molecule has 1 N–H and O–H groups in total. The van der Waals surface area contributed by atoms with E-state index in [2.05, 4.69) is 71.0 Å². The Morgan fingerprint density at radius 2 is 1.65 bits per heavy atom. The van der Waals surface area contributed by atoms with E-state index in [1.807, 2.05) is 0 Å². The van der Waals surface area contributed by atoms with Gasteiger partial charge in [-0.1, -0.05) is 20.8 Å². The van der Waals surface area contributed by atoms with Gasteiger partial charge in [0.05, 0.1) is 6.17 Å². The van der Waals surface area contributed by atoms with Gasteiger partial charge in [0, 0.05) is 12.1 Å². The summed E-state index contributed by atoms with van der Waals surface area (Å²) in [6.45, 7) is 9.44. The van der Waals surface area contributed by atoms with Crippen LogP contribution in [0.3, 0.4) is 0 Å². The molecular formula is C17H37N3. The Bertz CT molecular complexity index is 284. The quantitative estimate of drug-likeness (QED) is 0.656. The number of nitrogens with zero attached hydrogens (tertiary/aromatic N) is 2. The Hall–Kier alpha value is -0.120. The third kappa shape index (κ3) is 5.01. The van der Waals surface area contributed by atoms with Gasteiger partial charge in [-0.25, -0.2) is 0 Å². The Balaban J connectivity index is 2.79. The van der Waals surface area contributed by atoms with Gasteiger partial charge in [0.15, 0.2) is 0 Å². The topological polar surface area (TPSA) is 18.5 Å². The number of hydrogen-bond donors (Lipinski definition) is 1. The lowest BCUT2D eigenvalue weighted by Crippen LogP contribution is -2.57. The fourth-order valence-corrected chi connectivity index (χ4v) is 3.45. The van der Waals surface area contributed by atoms with E-state index in [1.165, 1.54) is 25.7 Å². The molecule has 1 aliphatic carbocycles. The SMILES string of the molecule is CNC(C)C(N(C)C)N(C)C(CC(C)C)CC1(C)CC1. The zero-order chi connectivity index (χ0) is 15.5. The minimum Gasteiger partial charge on any atom is -0.314 e. The highest BCUT2D eigenvalue weighted by Gasteiger charge is 2.41. The summed E-state index contributed by atoms with van der Waals surface area (Å²) < 4.78 is 0. The van der Waals surface area contributed by atoms with Crippen molar-refractivity contribution >= 4 is 0 Å². The second-order valence-corrected chi connectivity index (χ2v) is 7.92. The molecule has 0 aromatic carbocycles. The Kier molecular flexibility index (Phi) is 6.49. The first kappa shape index (κ1) is 17.9. The van der Waals surface area contributed by atoms with Crippen LogP contribution in [0.2, 0.25) is 0 Å². The van der Waals surface area contributed by atoms with Crippen molar-refractivity contribution < 1.29 is 0 Å².